The molecule has 170 valence electrons. The van der Waals surface area contributed by atoms with Gasteiger partial charge in [-0.2, -0.15) is 9.49 Å². The van der Waals surface area contributed by atoms with E-state index in [1.165, 1.54) is 12.0 Å². The van der Waals surface area contributed by atoms with Crippen LogP contribution in [0.4, 0.5) is 4.39 Å². The maximum atomic E-state index is 14.4. The molecule has 5 rings (SSSR count). The monoisotopic (exact) mass is 453 g/mol. The van der Waals surface area contributed by atoms with E-state index in [1.807, 2.05) is 54.9 Å². The number of carbonyl (C=O) groups is 1. The second-order valence-corrected chi connectivity index (χ2v) is 8.67. The number of halogens is 1. The first-order valence-corrected chi connectivity index (χ1v) is 11.3. The molecule has 1 saturated carbocycles. The van der Waals surface area contributed by atoms with E-state index in [4.69, 9.17) is 5.11 Å². The number of H-pyrrole nitrogens is 1. The second-order valence-electron chi connectivity index (χ2n) is 8.67. The van der Waals surface area contributed by atoms with Gasteiger partial charge in [0.2, 0.25) is 5.95 Å². The number of hydrogen-bond acceptors (Lipinski definition) is 3. The van der Waals surface area contributed by atoms with Gasteiger partial charge in [0.25, 0.3) is 0 Å². The molecule has 6 heteroatoms. The third-order valence-corrected chi connectivity index (χ3v) is 6.51. The molecule has 5 nitrogen and oxygen atoms in total. The number of rotatable bonds is 6. The number of carboxylic acids is 1. The van der Waals surface area contributed by atoms with E-state index in [0.29, 0.717) is 16.8 Å². The highest BCUT2D eigenvalue weighted by atomic mass is 19.1. The molecule has 0 radical (unpaired) electrons. The fourth-order valence-corrected chi connectivity index (χ4v) is 4.57. The van der Waals surface area contributed by atoms with E-state index in [-0.39, 0.29) is 0 Å². The van der Waals surface area contributed by atoms with Gasteiger partial charge in [0.15, 0.2) is 0 Å². The third-order valence-electron chi connectivity index (χ3n) is 6.51. The number of hydrogen-bond donors (Lipinski definition) is 2. The third kappa shape index (κ3) is 4.15. The first-order valence-electron chi connectivity index (χ1n) is 11.3. The van der Waals surface area contributed by atoms with Gasteiger partial charge in [0, 0.05) is 18.5 Å². The van der Waals surface area contributed by atoms with Gasteiger partial charge in [-0.3, -0.25) is 10.1 Å². The summed E-state index contributed by atoms with van der Waals surface area (Å²) in [7, 11) is 0. The lowest BCUT2D eigenvalue weighted by molar-refractivity contribution is -0.131. The van der Waals surface area contributed by atoms with Crippen LogP contribution in [-0.2, 0) is 4.79 Å². The number of allylic oxidation sites excluding steroid dienone is 1. The standard InChI is InChI=1S/C28H24FN3O2/c1-17-16-30-14-13-22(17)27(19-3-2-4-19)26(20-8-5-18(6-9-20)7-12-25(33)34)21-10-11-24-23(15-21)28(29)32-31-24/h5-16,19H,2-4H2,1H3,(H,31,32)(H,33,34). The van der Waals surface area contributed by atoms with Gasteiger partial charge >= 0.3 is 5.97 Å². The molecule has 2 heterocycles. The van der Waals surface area contributed by atoms with Crippen LogP contribution in [0.2, 0.25) is 0 Å². The number of aromatic amines is 1. The van der Waals surface area contributed by atoms with Crippen LogP contribution in [0.25, 0.3) is 28.1 Å². The van der Waals surface area contributed by atoms with Crippen molar-refractivity contribution in [3.63, 3.8) is 0 Å². The van der Waals surface area contributed by atoms with Crippen LogP contribution in [-0.4, -0.2) is 26.3 Å². The molecule has 2 aromatic heterocycles. The molecule has 0 spiro atoms. The van der Waals surface area contributed by atoms with Crippen LogP contribution in [0.5, 0.6) is 0 Å². The highest BCUT2D eigenvalue weighted by molar-refractivity contribution is 6.01. The number of fused-ring (bicyclic) bond motifs is 1. The molecule has 0 amide bonds. The molecule has 0 atom stereocenters. The van der Waals surface area contributed by atoms with Gasteiger partial charge in [-0.1, -0.05) is 36.8 Å². The first-order chi connectivity index (χ1) is 16.5. The van der Waals surface area contributed by atoms with Gasteiger partial charge in [0.05, 0.1) is 10.9 Å². The highest BCUT2D eigenvalue weighted by Gasteiger charge is 2.28. The molecule has 2 N–H and O–H groups in total. The van der Waals surface area contributed by atoms with E-state index < -0.39 is 11.9 Å². The molecular formula is C28H24FN3O2. The Bertz CT molecular complexity index is 1430. The molecule has 0 unspecified atom stereocenters. The number of benzene rings is 2. The molecule has 34 heavy (non-hydrogen) atoms. The average Bonchev–Trinajstić information content (AvgIpc) is 3.17. The molecule has 1 aliphatic carbocycles. The van der Waals surface area contributed by atoms with Crippen LogP contribution in [0, 0.1) is 18.8 Å². The number of aryl methyl sites for hydroxylation is 1. The number of nitrogens with one attached hydrogen (secondary N) is 1. The quantitative estimate of drug-likeness (QED) is 0.338. The van der Waals surface area contributed by atoms with Crippen LogP contribution >= 0.6 is 0 Å². The molecular weight excluding hydrogens is 429 g/mol. The van der Waals surface area contributed by atoms with Gasteiger partial charge in [-0.05, 0) is 88.9 Å². The molecule has 1 fully saturated rings. The molecule has 0 bridgehead atoms. The Morgan fingerprint density at radius 1 is 1.12 bits per heavy atom. The lowest BCUT2D eigenvalue weighted by Crippen LogP contribution is -2.16. The maximum absolute atomic E-state index is 14.4. The summed E-state index contributed by atoms with van der Waals surface area (Å²) < 4.78 is 14.4. The minimum absolute atomic E-state index is 0.396. The van der Waals surface area contributed by atoms with Crippen molar-refractivity contribution < 1.29 is 14.3 Å². The van der Waals surface area contributed by atoms with Gasteiger partial charge in [-0.15, -0.1) is 0 Å². The van der Waals surface area contributed by atoms with Gasteiger partial charge < -0.3 is 5.11 Å². The summed E-state index contributed by atoms with van der Waals surface area (Å²) in [6, 6.07) is 15.6. The first kappa shape index (κ1) is 21.8. The summed E-state index contributed by atoms with van der Waals surface area (Å²) in [6.45, 7) is 2.07. The van der Waals surface area contributed by atoms with Crippen molar-refractivity contribution in [2.45, 2.75) is 26.2 Å². The summed E-state index contributed by atoms with van der Waals surface area (Å²) in [5, 5.41) is 15.9. The van der Waals surface area contributed by atoms with Crippen LogP contribution in [0.1, 0.15) is 47.1 Å². The average molecular weight is 454 g/mol. The zero-order valence-electron chi connectivity index (χ0n) is 18.8. The van der Waals surface area contributed by atoms with E-state index in [1.54, 1.807) is 6.08 Å². The number of pyridine rings is 1. The van der Waals surface area contributed by atoms with Crippen molar-refractivity contribution in [1.82, 2.24) is 15.2 Å². The summed E-state index contributed by atoms with van der Waals surface area (Å²) in [5.74, 6) is -1.04. The van der Waals surface area contributed by atoms with Crippen LogP contribution in [0.15, 0.2) is 67.0 Å². The Hall–Kier alpha value is -4.06. The normalized spacial score (nSPS) is 14.9. The Labute approximate surface area is 196 Å². The smallest absolute Gasteiger partial charge is 0.328 e. The predicted molar refractivity (Wildman–Crippen MR) is 131 cm³/mol. The number of aliphatic carboxylic acids is 1. The zero-order valence-corrected chi connectivity index (χ0v) is 18.8. The van der Waals surface area contributed by atoms with Crippen molar-refractivity contribution in [3.8, 4) is 0 Å². The van der Waals surface area contributed by atoms with Crippen molar-refractivity contribution >= 4 is 34.1 Å². The molecule has 0 aliphatic heterocycles. The Kier molecular flexibility index (Phi) is 5.80. The number of aromatic nitrogens is 3. The van der Waals surface area contributed by atoms with Crippen molar-refractivity contribution in [1.29, 1.82) is 0 Å². The minimum atomic E-state index is -0.986. The minimum Gasteiger partial charge on any atom is -0.478 e. The number of carboxylic acid groups (broad SMARTS) is 1. The second kappa shape index (κ2) is 9.06. The lowest BCUT2D eigenvalue weighted by atomic mass is 9.72. The van der Waals surface area contributed by atoms with E-state index in [9.17, 15) is 9.18 Å². The maximum Gasteiger partial charge on any atom is 0.328 e. The fraction of sp³-hybridized carbons (Fsp3) is 0.179. The van der Waals surface area contributed by atoms with Gasteiger partial charge in [0.1, 0.15) is 0 Å². The van der Waals surface area contributed by atoms with Crippen LogP contribution < -0.4 is 0 Å². The molecule has 2 aromatic carbocycles. The summed E-state index contributed by atoms with van der Waals surface area (Å²) in [5.41, 5.74) is 7.83. The van der Waals surface area contributed by atoms with E-state index in [0.717, 1.165) is 52.3 Å². The van der Waals surface area contributed by atoms with Gasteiger partial charge in [-0.25, -0.2) is 4.79 Å². The largest absolute Gasteiger partial charge is 0.478 e. The van der Waals surface area contributed by atoms with Crippen molar-refractivity contribution in [2.24, 2.45) is 5.92 Å². The Morgan fingerprint density at radius 2 is 1.88 bits per heavy atom. The van der Waals surface area contributed by atoms with E-state index in [2.05, 4.69) is 28.2 Å². The topological polar surface area (TPSA) is 78.9 Å². The van der Waals surface area contributed by atoms with Crippen LogP contribution in [0.3, 0.4) is 0 Å². The molecule has 0 saturated heterocycles. The molecule has 1 aliphatic rings. The lowest BCUT2D eigenvalue weighted by Gasteiger charge is -2.32. The summed E-state index contributed by atoms with van der Waals surface area (Å²) in [4.78, 5) is 15.2. The molecule has 4 aromatic rings. The number of nitrogens with zero attached hydrogens (tertiary/aromatic N) is 2. The SMILES string of the molecule is Cc1cnccc1C(=C(c1ccc(C=CC(=O)O)cc1)c1ccc2n[nH]c(F)c2c1)C1CCC1. The fourth-order valence-electron chi connectivity index (χ4n) is 4.57. The predicted octanol–water partition coefficient (Wildman–Crippen LogP) is 6.26. The van der Waals surface area contributed by atoms with Crippen molar-refractivity contribution in [2.75, 3.05) is 0 Å². The summed E-state index contributed by atoms with van der Waals surface area (Å²) in [6.07, 6.45) is 9.77. The van der Waals surface area contributed by atoms with Crippen molar-refractivity contribution in [3.05, 3.63) is 101 Å². The zero-order chi connectivity index (χ0) is 23.7. The Balaban J connectivity index is 1.76. The highest BCUT2D eigenvalue weighted by Crippen LogP contribution is 2.46. The van der Waals surface area contributed by atoms with E-state index >= 15 is 0 Å². The summed E-state index contributed by atoms with van der Waals surface area (Å²) >= 11 is 0. The Morgan fingerprint density at radius 3 is 2.56 bits per heavy atom.